The van der Waals surface area contributed by atoms with Gasteiger partial charge >= 0.3 is 86.8 Å². The van der Waals surface area contributed by atoms with Gasteiger partial charge in [0.05, 0.1) is 0 Å². The first-order chi connectivity index (χ1) is 6.93. The molecule has 1 aromatic heterocycles. The summed E-state index contributed by atoms with van der Waals surface area (Å²) in [6.45, 7) is 0. The second kappa shape index (κ2) is 3.16. The second-order valence-electron chi connectivity index (χ2n) is 3.33. The zero-order valence-electron chi connectivity index (χ0n) is 7.64. The molecule has 70 valence electrons. The minimum absolute atomic E-state index is 0.999. The van der Waals surface area contributed by atoms with Crippen molar-refractivity contribution in [3.63, 3.8) is 0 Å². The van der Waals surface area contributed by atoms with Crippen molar-refractivity contribution in [2.24, 2.45) is 0 Å². The van der Waals surface area contributed by atoms with Crippen LogP contribution in [-0.4, -0.2) is 18.9 Å². The average Bonchev–Trinajstić information content (AvgIpc) is 2.86. The molecular formula is C12H11NSe. The van der Waals surface area contributed by atoms with Crippen molar-refractivity contribution in [1.29, 1.82) is 0 Å². The summed E-state index contributed by atoms with van der Waals surface area (Å²) in [5.41, 5.74) is 1.26. The molecule has 0 radical (unpaired) electrons. The van der Waals surface area contributed by atoms with Crippen LogP contribution in [0.25, 0.3) is 10.9 Å². The summed E-state index contributed by atoms with van der Waals surface area (Å²) in [5.74, 6) is 0. The first kappa shape index (κ1) is 8.10. The van der Waals surface area contributed by atoms with E-state index in [2.05, 4.69) is 57.4 Å². The normalized spacial score (nSPS) is 17.0. The molecule has 1 aromatic carbocycles. The number of H-pyrrole nitrogens is 1. The third-order valence-corrected chi connectivity index (χ3v) is 6.14. The molecule has 2 heterocycles. The molecule has 0 amide bonds. The topological polar surface area (TPSA) is 15.8 Å². The molecule has 0 spiro atoms. The van der Waals surface area contributed by atoms with Crippen LogP contribution in [0.2, 0.25) is 0 Å². The number of hydrogen-bond donors (Lipinski definition) is 1. The van der Waals surface area contributed by atoms with E-state index in [1.54, 1.807) is 0 Å². The zero-order chi connectivity index (χ0) is 9.38. The third-order valence-electron chi connectivity index (χ3n) is 2.40. The van der Waals surface area contributed by atoms with Crippen molar-refractivity contribution in [1.82, 2.24) is 4.98 Å². The molecule has 0 atom stereocenters. The van der Waals surface area contributed by atoms with Crippen molar-refractivity contribution >= 4 is 29.4 Å². The van der Waals surface area contributed by atoms with E-state index in [4.69, 9.17) is 0 Å². The Kier molecular flexibility index (Phi) is 1.83. The van der Waals surface area contributed by atoms with Gasteiger partial charge in [-0.2, -0.15) is 0 Å². The molecule has 0 unspecified atom stereocenters. The maximum atomic E-state index is 3.50. The monoisotopic (exact) mass is 249 g/mol. The van der Waals surface area contributed by atoms with Gasteiger partial charge in [0.25, 0.3) is 0 Å². The first-order valence-electron chi connectivity index (χ1n) is 4.64. The van der Waals surface area contributed by atoms with Crippen molar-refractivity contribution in [2.45, 2.75) is 0 Å². The standard InChI is InChI=1S/C12H11NSe/c1-2-6-11-10(5-1)9-12(13-11)14-7-3-4-8-14/h1-9,13-14H. The maximum absolute atomic E-state index is 3.50. The van der Waals surface area contributed by atoms with Crippen LogP contribution in [0.1, 0.15) is 0 Å². The average molecular weight is 248 g/mol. The molecule has 3 rings (SSSR count). The number of rotatable bonds is 1. The molecule has 0 saturated heterocycles. The Morgan fingerprint density at radius 2 is 1.79 bits per heavy atom. The van der Waals surface area contributed by atoms with Gasteiger partial charge in [0, 0.05) is 0 Å². The third kappa shape index (κ3) is 1.24. The van der Waals surface area contributed by atoms with Crippen molar-refractivity contribution in [2.75, 3.05) is 0 Å². The Labute approximate surface area is 87.0 Å². The summed E-state index contributed by atoms with van der Waals surface area (Å²) in [4.78, 5) is 8.19. The summed E-state index contributed by atoms with van der Waals surface area (Å²) >= 11 is -0.999. The molecule has 1 aliphatic rings. The van der Waals surface area contributed by atoms with Crippen molar-refractivity contribution < 1.29 is 0 Å². The van der Waals surface area contributed by atoms with E-state index < -0.39 is 13.9 Å². The molecule has 2 heteroatoms. The van der Waals surface area contributed by atoms with Gasteiger partial charge in [-0.25, -0.2) is 0 Å². The van der Waals surface area contributed by atoms with Crippen molar-refractivity contribution in [3.8, 4) is 0 Å². The molecule has 14 heavy (non-hydrogen) atoms. The van der Waals surface area contributed by atoms with Crippen LogP contribution in [0.4, 0.5) is 0 Å². The van der Waals surface area contributed by atoms with E-state index in [0.717, 1.165) is 0 Å². The Morgan fingerprint density at radius 1 is 1.00 bits per heavy atom. The van der Waals surface area contributed by atoms with Gasteiger partial charge in [0.15, 0.2) is 0 Å². The number of para-hydroxylation sites is 1. The van der Waals surface area contributed by atoms with E-state index in [1.165, 1.54) is 15.5 Å². The molecule has 0 aliphatic carbocycles. The van der Waals surface area contributed by atoms with Crippen LogP contribution in [0.15, 0.2) is 52.4 Å². The fraction of sp³-hybridized carbons (Fsp3) is 0. The van der Waals surface area contributed by atoms with E-state index in [1.807, 2.05) is 0 Å². The Bertz CT molecular complexity index is 477. The van der Waals surface area contributed by atoms with Gasteiger partial charge in [0.2, 0.25) is 0 Å². The van der Waals surface area contributed by atoms with Crippen LogP contribution in [0, 0.1) is 0 Å². The van der Waals surface area contributed by atoms with Crippen LogP contribution < -0.4 is 4.59 Å². The number of benzene rings is 1. The Morgan fingerprint density at radius 3 is 2.57 bits per heavy atom. The van der Waals surface area contributed by atoms with Crippen LogP contribution in [0.3, 0.4) is 0 Å². The molecule has 1 nitrogen and oxygen atoms in total. The number of aromatic amines is 1. The van der Waals surface area contributed by atoms with Crippen LogP contribution in [-0.2, 0) is 0 Å². The molecular weight excluding hydrogens is 237 g/mol. The molecule has 0 saturated carbocycles. The minimum atomic E-state index is -0.999. The summed E-state index contributed by atoms with van der Waals surface area (Å²) in [6, 6.07) is 10.7. The number of nitrogens with one attached hydrogen (secondary N) is 1. The number of aromatic nitrogens is 1. The van der Waals surface area contributed by atoms with Gasteiger partial charge in [-0.3, -0.25) is 0 Å². The summed E-state index contributed by atoms with van der Waals surface area (Å²) < 4.78 is 1.42. The number of hydrogen-bond acceptors (Lipinski definition) is 0. The van der Waals surface area contributed by atoms with Gasteiger partial charge < -0.3 is 0 Å². The summed E-state index contributed by atoms with van der Waals surface area (Å²) in [7, 11) is 0. The number of fused-ring (bicyclic) bond motifs is 1. The van der Waals surface area contributed by atoms with Crippen LogP contribution in [0.5, 0.6) is 0 Å². The fourth-order valence-electron chi connectivity index (χ4n) is 1.69. The zero-order valence-corrected chi connectivity index (χ0v) is 9.52. The van der Waals surface area contributed by atoms with E-state index in [0.29, 0.717) is 0 Å². The predicted octanol–water partition coefficient (Wildman–Crippen LogP) is 1.81. The molecule has 0 bridgehead atoms. The quantitative estimate of drug-likeness (QED) is 0.741. The van der Waals surface area contributed by atoms with Gasteiger partial charge in [-0.1, -0.05) is 0 Å². The molecule has 1 aliphatic heterocycles. The van der Waals surface area contributed by atoms with Crippen molar-refractivity contribution in [3.05, 3.63) is 52.4 Å². The summed E-state index contributed by atoms with van der Waals surface area (Å²) in [6.07, 6.45) is 4.32. The summed E-state index contributed by atoms with van der Waals surface area (Å²) in [5, 5.41) is 1.32. The molecule has 2 aromatic rings. The SMILES string of the molecule is C1=C[SeH](c2cc3ccccc3[nH]2)C=C1. The Balaban J connectivity index is 2.14. The van der Waals surface area contributed by atoms with Gasteiger partial charge in [0.1, 0.15) is 0 Å². The molecule has 1 N–H and O–H groups in total. The predicted molar refractivity (Wildman–Crippen MR) is 63.4 cm³/mol. The second-order valence-corrected chi connectivity index (χ2v) is 7.30. The first-order valence-corrected chi connectivity index (χ1v) is 7.75. The van der Waals surface area contributed by atoms with E-state index >= 15 is 0 Å². The Hall–Kier alpha value is -1.24. The number of allylic oxidation sites excluding steroid dienone is 2. The van der Waals surface area contributed by atoms with Crippen LogP contribution >= 0.6 is 0 Å². The van der Waals surface area contributed by atoms with E-state index in [-0.39, 0.29) is 0 Å². The van der Waals surface area contributed by atoms with E-state index in [9.17, 15) is 0 Å². The van der Waals surface area contributed by atoms with Gasteiger partial charge in [-0.15, -0.1) is 0 Å². The molecule has 0 fully saturated rings. The fourth-order valence-corrected chi connectivity index (χ4v) is 4.90. The van der Waals surface area contributed by atoms with Gasteiger partial charge in [-0.05, 0) is 0 Å².